The number of nitrogens with one attached hydrogen (secondary N) is 2. The first-order chi connectivity index (χ1) is 11.1. The summed E-state index contributed by atoms with van der Waals surface area (Å²) in [7, 11) is 0. The molecule has 0 unspecified atom stereocenters. The van der Waals surface area contributed by atoms with Gasteiger partial charge in [0.1, 0.15) is 0 Å². The molecule has 5 nitrogen and oxygen atoms in total. The molecule has 1 aromatic rings. The molecule has 2 rings (SSSR count). The van der Waals surface area contributed by atoms with Gasteiger partial charge in [-0.1, -0.05) is 46.1 Å². The predicted octanol–water partition coefficient (Wildman–Crippen LogP) is 4.00. The van der Waals surface area contributed by atoms with Gasteiger partial charge in [0.2, 0.25) is 11.8 Å². The fraction of sp³-hybridized carbons (Fsp3) is 0.579. The predicted molar refractivity (Wildman–Crippen MR) is 105 cm³/mol. The number of carbonyl (C=O) groups excluding carboxylic acids is 2. The zero-order valence-electron chi connectivity index (χ0n) is 15.6. The van der Waals surface area contributed by atoms with Gasteiger partial charge in [0.25, 0.3) is 0 Å². The van der Waals surface area contributed by atoms with E-state index in [-0.39, 0.29) is 24.2 Å². The molecule has 0 aliphatic heterocycles. The number of halogens is 1. The molecular formula is C19H30ClN3O2. The van der Waals surface area contributed by atoms with Gasteiger partial charge < -0.3 is 16.4 Å². The van der Waals surface area contributed by atoms with Crippen molar-refractivity contribution in [1.82, 2.24) is 0 Å². The molecule has 0 saturated heterocycles. The average molecular weight is 368 g/mol. The Labute approximate surface area is 156 Å². The van der Waals surface area contributed by atoms with Crippen molar-refractivity contribution >= 4 is 35.6 Å². The van der Waals surface area contributed by atoms with E-state index in [0.29, 0.717) is 11.4 Å². The Kier molecular flexibility index (Phi) is 7.03. The quantitative estimate of drug-likeness (QED) is 0.754. The second-order valence-corrected chi connectivity index (χ2v) is 7.90. The number of carbonyl (C=O) groups is 2. The monoisotopic (exact) mass is 367 g/mol. The minimum atomic E-state index is -0.780. The molecule has 1 saturated carbocycles. The Hall–Kier alpha value is -1.59. The van der Waals surface area contributed by atoms with Crippen molar-refractivity contribution in [3.63, 3.8) is 0 Å². The zero-order chi connectivity index (χ0) is 18.0. The highest BCUT2D eigenvalue weighted by atomic mass is 35.5. The number of aryl methyl sites for hydroxylation is 1. The lowest BCUT2D eigenvalue weighted by Crippen LogP contribution is -2.52. The van der Waals surface area contributed by atoms with Crippen LogP contribution in [0.3, 0.4) is 0 Å². The van der Waals surface area contributed by atoms with Crippen molar-refractivity contribution in [1.29, 1.82) is 0 Å². The molecule has 0 heterocycles. The van der Waals surface area contributed by atoms with Gasteiger partial charge in [-0.05, 0) is 37.5 Å². The molecule has 0 aromatic heterocycles. The molecule has 140 valence electrons. The van der Waals surface area contributed by atoms with E-state index in [1.165, 1.54) is 0 Å². The standard InChI is InChI=1S/C19H29N3O2.ClH/c1-13-8-9-14(12-15(13)22-16(23)18(2,3)4)21-17(24)19(20)10-6-5-7-11-19;/h8-9,12H,5-7,10-11,20H2,1-4H3,(H,21,24)(H,22,23);1H. The van der Waals surface area contributed by atoms with Crippen LogP contribution in [0.4, 0.5) is 11.4 Å². The Balaban J connectivity index is 0.00000312. The summed E-state index contributed by atoms with van der Waals surface area (Å²) < 4.78 is 0. The fourth-order valence-electron chi connectivity index (χ4n) is 2.81. The van der Waals surface area contributed by atoms with Crippen LogP contribution in [0.15, 0.2) is 18.2 Å². The number of nitrogens with two attached hydrogens (primary N) is 1. The van der Waals surface area contributed by atoms with Gasteiger partial charge in [-0.3, -0.25) is 9.59 Å². The second kappa shape index (κ2) is 8.19. The van der Waals surface area contributed by atoms with Crippen LogP contribution in [0.25, 0.3) is 0 Å². The number of rotatable bonds is 3. The van der Waals surface area contributed by atoms with Crippen LogP contribution in [-0.2, 0) is 9.59 Å². The summed E-state index contributed by atoms with van der Waals surface area (Å²) in [5.74, 6) is -0.198. The van der Waals surface area contributed by atoms with Crippen LogP contribution in [0, 0.1) is 12.3 Å². The van der Waals surface area contributed by atoms with Crippen molar-refractivity contribution < 1.29 is 9.59 Å². The van der Waals surface area contributed by atoms with Crippen molar-refractivity contribution in [2.24, 2.45) is 11.1 Å². The number of benzene rings is 1. The molecule has 6 heteroatoms. The third-order valence-electron chi connectivity index (χ3n) is 4.62. The SMILES string of the molecule is Cc1ccc(NC(=O)C2(N)CCCCC2)cc1NC(=O)C(C)(C)C.Cl. The Morgan fingerprint density at radius 1 is 1.08 bits per heavy atom. The van der Waals surface area contributed by atoms with Crippen LogP contribution < -0.4 is 16.4 Å². The van der Waals surface area contributed by atoms with E-state index in [1.807, 2.05) is 39.8 Å². The Bertz CT molecular complexity index is 632. The van der Waals surface area contributed by atoms with Crippen LogP contribution in [0.5, 0.6) is 0 Å². The zero-order valence-corrected chi connectivity index (χ0v) is 16.4. The lowest BCUT2D eigenvalue weighted by molar-refractivity contribution is -0.123. The molecule has 2 amide bonds. The molecule has 0 atom stereocenters. The summed E-state index contributed by atoms with van der Waals surface area (Å²) >= 11 is 0. The summed E-state index contributed by atoms with van der Waals surface area (Å²) in [5, 5.41) is 5.85. The van der Waals surface area contributed by atoms with E-state index in [2.05, 4.69) is 10.6 Å². The van der Waals surface area contributed by atoms with E-state index < -0.39 is 11.0 Å². The smallest absolute Gasteiger partial charge is 0.244 e. The fourth-order valence-corrected chi connectivity index (χ4v) is 2.81. The summed E-state index contributed by atoms with van der Waals surface area (Å²) in [6, 6.07) is 5.52. The van der Waals surface area contributed by atoms with Crippen LogP contribution in [0.1, 0.15) is 58.4 Å². The summed E-state index contributed by atoms with van der Waals surface area (Å²) in [6.07, 6.45) is 4.56. The van der Waals surface area contributed by atoms with Crippen LogP contribution in [-0.4, -0.2) is 17.4 Å². The third kappa shape index (κ3) is 5.44. The Morgan fingerprint density at radius 2 is 1.68 bits per heavy atom. The number of hydrogen-bond acceptors (Lipinski definition) is 3. The third-order valence-corrected chi connectivity index (χ3v) is 4.62. The number of amides is 2. The highest BCUT2D eigenvalue weighted by molar-refractivity contribution is 6.00. The maximum Gasteiger partial charge on any atom is 0.244 e. The molecular weight excluding hydrogens is 338 g/mol. The van der Waals surface area contributed by atoms with Crippen LogP contribution >= 0.6 is 12.4 Å². The van der Waals surface area contributed by atoms with Crippen molar-refractivity contribution in [2.45, 2.75) is 65.3 Å². The van der Waals surface area contributed by atoms with Gasteiger partial charge in [-0.25, -0.2) is 0 Å². The van der Waals surface area contributed by atoms with E-state index in [0.717, 1.165) is 37.7 Å². The molecule has 0 radical (unpaired) electrons. The largest absolute Gasteiger partial charge is 0.325 e. The minimum absolute atomic E-state index is 0. The molecule has 25 heavy (non-hydrogen) atoms. The van der Waals surface area contributed by atoms with Gasteiger partial charge in [0.05, 0.1) is 5.54 Å². The molecule has 1 aromatic carbocycles. The van der Waals surface area contributed by atoms with Gasteiger partial charge >= 0.3 is 0 Å². The highest BCUT2D eigenvalue weighted by Gasteiger charge is 2.35. The van der Waals surface area contributed by atoms with E-state index in [1.54, 1.807) is 6.07 Å². The van der Waals surface area contributed by atoms with Gasteiger partial charge in [0.15, 0.2) is 0 Å². The topological polar surface area (TPSA) is 84.2 Å². The molecule has 1 fully saturated rings. The van der Waals surface area contributed by atoms with Crippen molar-refractivity contribution in [2.75, 3.05) is 10.6 Å². The second-order valence-electron chi connectivity index (χ2n) is 7.90. The first kappa shape index (κ1) is 21.5. The van der Waals surface area contributed by atoms with Crippen LogP contribution in [0.2, 0.25) is 0 Å². The lowest BCUT2D eigenvalue weighted by Gasteiger charge is -2.31. The number of hydrogen-bond donors (Lipinski definition) is 3. The maximum atomic E-state index is 12.5. The minimum Gasteiger partial charge on any atom is -0.325 e. The van der Waals surface area contributed by atoms with Gasteiger partial charge in [-0.2, -0.15) is 0 Å². The summed E-state index contributed by atoms with van der Waals surface area (Å²) in [5.41, 5.74) is 7.34. The highest BCUT2D eigenvalue weighted by Crippen LogP contribution is 2.28. The van der Waals surface area contributed by atoms with E-state index >= 15 is 0 Å². The molecule has 0 spiro atoms. The van der Waals surface area contributed by atoms with E-state index in [4.69, 9.17) is 5.73 Å². The van der Waals surface area contributed by atoms with Gasteiger partial charge in [0, 0.05) is 16.8 Å². The first-order valence-corrected chi connectivity index (χ1v) is 8.64. The molecule has 1 aliphatic rings. The number of anilines is 2. The molecule has 0 bridgehead atoms. The van der Waals surface area contributed by atoms with Crippen molar-refractivity contribution in [3.8, 4) is 0 Å². The van der Waals surface area contributed by atoms with Gasteiger partial charge in [-0.15, -0.1) is 12.4 Å². The molecule has 1 aliphatic carbocycles. The Morgan fingerprint density at radius 3 is 2.24 bits per heavy atom. The molecule has 4 N–H and O–H groups in total. The lowest BCUT2D eigenvalue weighted by atomic mass is 9.82. The normalized spacial score (nSPS) is 16.5. The maximum absolute atomic E-state index is 12.5. The van der Waals surface area contributed by atoms with Crippen molar-refractivity contribution in [3.05, 3.63) is 23.8 Å². The average Bonchev–Trinajstić information content (AvgIpc) is 2.50. The summed E-state index contributed by atoms with van der Waals surface area (Å²) in [6.45, 7) is 7.52. The van der Waals surface area contributed by atoms with E-state index in [9.17, 15) is 9.59 Å². The first-order valence-electron chi connectivity index (χ1n) is 8.64. The summed E-state index contributed by atoms with van der Waals surface area (Å²) in [4.78, 5) is 24.7.